The molecule has 7 heteroatoms. The monoisotopic (exact) mass is 481 g/mol. The Kier molecular flexibility index (Phi) is 6.43. The van der Waals surface area contributed by atoms with Crippen molar-refractivity contribution in [2.75, 3.05) is 57.7 Å². The highest BCUT2D eigenvalue weighted by molar-refractivity contribution is 14.1. The van der Waals surface area contributed by atoms with E-state index in [1.165, 1.54) is 0 Å². The van der Waals surface area contributed by atoms with E-state index in [0.717, 1.165) is 46.9 Å². The molecule has 0 unspecified atom stereocenters. The van der Waals surface area contributed by atoms with Gasteiger partial charge in [-0.1, -0.05) is 0 Å². The molecule has 0 aromatic heterocycles. The van der Waals surface area contributed by atoms with E-state index >= 15 is 0 Å². The molecule has 27 heavy (non-hydrogen) atoms. The highest BCUT2D eigenvalue weighted by Gasteiger charge is 2.19. The summed E-state index contributed by atoms with van der Waals surface area (Å²) in [6.45, 7) is 3.85. The van der Waals surface area contributed by atoms with Crippen LogP contribution in [0.3, 0.4) is 0 Å². The molecule has 144 valence electrons. The quantitative estimate of drug-likeness (QED) is 0.665. The molecule has 0 aliphatic carbocycles. The molecule has 0 atom stereocenters. The van der Waals surface area contributed by atoms with Crippen molar-refractivity contribution in [2.45, 2.75) is 0 Å². The van der Waals surface area contributed by atoms with Gasteiger partial charge in [0.25, 0.3) is 5.91 Å². The first kappa shape index (κ1) is 19.8. The Morgan fingerprint density at radius 3 is 2.37 bits per heavy atom. The van der Waals surface area contributed by atoms with Crippen LogP contribution in [0, 0.1) is 3.57 Å². The molecule has 1 amide bonds. The standard InChI is InChI=1S/C20H24IN3O3/c1-23-8-10-24(11-9-23)17-13-15(5-7-18(17)26-2)22-20(25)16-6-4-14(21)12-19(16)27-3/h4-7,12-13H,8-11H2,1-3H3,(H,22,25). The fourth-order valence-corrected chi connectivity index (χ4v) is 3.58. The molecule has 2 aromatic rings. The summed E-state index contributed by atoms with van der Waals surface area (Å²) < 4.78 is 11.9. The number of likely N-dealkylation sites (N-methyl/N-ethyl adjacent to an activating group) is 1. The largest absolute Gasteiger partial charge is 0.496 e. The van der Waals surface area contributed by atoms with Gasteiger partial charge in [-0.25, -0.2) is 0 Å². The highest BCUT2D eigenvalue weighted by Crippen LogP contribution is 2.32. The lowest BCUT2D eigenvalue weighted by molar-refractivity contribution is 0.102. The first-order chi connectivity index (χ1) is 13.0. The van der Waals surface area contributed by atoms with Crippen molar-refractivity contribution >= 4 is 39.9 Å². The number of nitrogens with one attached hydrogen (secondary N) is 1. The Morgan fingerprint density at radius 1 is 1.00 bits per heavy atom. The number of ether oxygens (including phenoxy) is 2. The maximum absolute atomic E-state index is 12.7. The van der Waals surface area contributed by atoms with Crippen LogP contribution in [0.2, 0.25) is 0 Å². The number of rotatable bonds is 5. The van der Waals surface area contributed by atoms with E-state index in [4.69, 9.17) is 9.47 Å². The van der Waals surface area contributed by atoms with Gasteiger partial charge in [-0.05, 0) is 66.0 Å². The third-order valence-electron chi connectivity index (χ3n) is 4.69. The average molecular weight is 481 g/mol. The van der Waals surface area contributed by atoms with Crippen molar-refractivity contribution < 1.29 is 14.3 Å². The number of carbonyl (C=O) groups excluding carboxylic acids is 1. The zero-order valence-corrected chi connectivity index (χ0v) is 17.9. The number of halogens is 1. The van der Waals surface area contributed by atoms with Gasteiger partial charge in [0.15, 0.2) is 0 Å². The molecule has 0 bridgehead atoms. The van der Waals surface area contributed by atoms with Crippen molar-refractivity contribution in [3.05, 3.63) is 45.5 Å². The number of amides is 1. The molecule has 2 aromatic carbocycles. The summed E-state index contributed by atoms with van der Waals surface area (Å²) in [5.41, 5.74) is 2.24. The molecule has 1 aliphatic heterocycles. The van der Waals surface area contributed by atoms with Crippen LogP contribution in [-0.2, 0) is 0 Å². The van der Waals surface area contributed by atoms with Crippen LogP contribution < -0.4 is 19.7 Å². The van der Waals surface area contributed by atoms with Gasteiger partial charge >= 0.3 is 0 Å². The van der Waals surface area contributed by atoms with Gasteiger partial charge in [-0.15, -0.1) is 0 Å². The van der Waals surface area contributed by atoms with Crippen molar-refractivity contribution in [1.29, 1.82) is 0 Å². The number of hydrogen-bond donors (Lipinski definition) is 1. The molecule has 1 saturated heterocycles. The number of piperazine rings is 1. The molecule has 0 radical (unpaired) electrons. The van der Waals surface area contributed by atoms with Gasteiger partial charge in [-0.2, -0.15) is 0 Å². The smallest absolute Gasteiger partial charge is 0.259 e. The van der Waals surface area contributed by atoms with Crippen LogP contribution in [0.15, 0.2) is 36.4 Å². The minimum atomic E-state index is -0.197. The lowest BCUT2D eigenvalue weighted by Crippen LogP contribution is -2.44. The number of nitrogens with zero attached hydrogens (tertiary/aromatic N) is 2. The zero-order chi connectivity index (χ0) is 19.4. The summed E-state index contributed by atoms with van der Waals surface area (Å²) in [5.74, 6) is 1.18. The van der Waals surface area contributed by atoms with E-state index in [1.807, 2.05) is 30.3 Å². The lowest BCUT2D eigenvalue weighted by atomic mass is 10.1. The summed E-state index contributed by atoms with van der Waals surface area (Å²) in [7, 11) is 5.37. The molecular weight excluding hydrogens is 457 g/mol. The Hall–Kier alpha value is -2.00. The second kappa shape index (κ2) is 8.79. The predicted octanol–water partition coefficient (Wildman–Crippen LogP) is 3.31. The summed E-state index contributed by atoms with van der Waals surface area (Å²) in [6, 6.07) is 11.2. The zero-order valence-electron chi connectivity index (χ0n) is 15.8. The van der Waals surface area contributed by atoms with E-state index in [0.29, 0.717) is 11.3 Å². The Labute approximate surface area is 173 Å². The number of methoxy groups -OCH3 is 2. The number of hydrogen-bond acceptors (Lipinski definition) is 5. The third kappa shape index (κ3) is 4.65. The van der Waals surface area contributed by atoms with Crippen molar-refractivity contribution in [3.63, 3.8) is 0 Å². The summed E-state index contributed by atoms with van der Waals surface area (Å²) in [6.07, 6.45) is 0. The van der Waals surface area contributed by atoms with Crippen molar-refractivity contribution in [1.82, 2.24) is 4.90 Å². The fraction of sp³-hybridized carbons (Fsp3) is 0.350. The first-order valence-electron chi connectivity index (χ1n) is 8.78. The molecule has 6 nitrogen and oxygen atoms in total. The van der Waals surface area contributed by atoms with Gasteiger partial charge in [0.05, 0.1) is 25.5 Å². The van der Waals surface area contributed by atoms with Crippen LogP contribution in [-0.4, -0.2) is 58.3 Å². The molecule has 1 N–H and O–H groups in total. The van der Waals surface area contributed by atoms with Crippen molar-refractivity contribution in [2.24, 2.45) is 0 Å². The van der Waals surface area contributed by atoms with Crippen LogP contribution in [0.25, 0.3) is 0 Å². The van der Waals surface area contributed by atoms with E-state index in [1.54, 1.807) is 20.3 Å². The SMILES string of the molecule is COc1cc(I)ccc1C(=O)Nc1ccc(OC)c(N2CCN(C)CC2)c1. The summed E-state index contributed by atoms with van der Waals surface area (Å²) in [5, 5.41) is 2.98. The van der Waals surface area contributed by atoms with E-state index in [2.05, 4.69) is 44.8 Å². The van der Waals surface area contributed by atoms with E-state index < -0.39 is 0 Å². The van der Waals surface area contributed by atoms with Crippen LogP contribution >= 0.6 is 22.6 Å². The van der Waals surface area contributed by atoms with Crippen LogP contribution in [0.4, 0.5) is 11.4 Å². The number of carbonyl (C=O) groups is 1. The van der Waals surface area contributed by atoms with E-state index in [-0.39, 0.29) is 5.91 Å². The Bertz CT molecular complexity index is 820. The number of anilines is 2. The second-order valence-corrected chi connectivity index (χ2v) is 7.72. The fourth-order valence-electron chi connectivity index (χ4n) is 3.11. The van der Waals surface area contributed by atoms with E-state index in [9.17, 15) is 4.79 Å². The topological polar surface area (TPSA) is 54.0 Å². The van der Waals surface area contributed by atoms with Gasteiger partial charge in [0.1, 0.15) is 11.5 Å². The average Bonchev–Trinajstić information content (AvgIpc) is 2.68. The van der Waals surface area contributed by atoms with Crippen molar-refractivity contribution in [3.8, 4) is 11.5 Å². The molecule has 3 rings (SSSR count). The lowest BCUT2D eigenvalue weighted by Gasteiger charge is -2.35. The van der Waals surface area contributed by atoms with Gasteiger partial charge in [0, 0.05) is 35.4 Å². The normalized spacial score (nSPS) is 14.7. The summed E-state index contributed by atoms with van der Waals surface area (Å²) >= 11 is 2.20. The Balaban J connectivity index is 1.83. The maximum atomic E-state index is 12.7. The molecule has 0 saturated carbocycles. The third-order valence-corrected chi connectivity index (χ3v) is 5.36. The molecular formula is C20H24IN3O3. The highest BCUT2D eigenvalue weighted by atomic mass is 127. The Morgan fingerprint density at radius 2 is 1.70 bits per heavy atom. The van der Waals surface area contributed by atoms with Gasteiger partial charge in [-0.3, -0.25) is 4.79 Å². The molecule has 1 fully saturated rings. The summed E-state index contributed by atoms with van der Waals surface area (Å²) in [4.78, 5) is 17.3. The van der Waals surface area contributed by atoms with Crippen LogP contribution in [0.5, 0.6) is 11.5 Å². The minimum Gasteiger partial charge on any atom is -0.496 e. The van der Waals surface area contributed by atoms with Gasteiger partial charge < -0.3 is 24.6 Å². The molecule has 0 spiro atoms. The molecule has 1 heterocycles. The van der Waals surface area contributed by atoms with Gasteiger partial charge in [0.2, 0.25) is 0 Å². The van der Waals surface area contributed by atoms with Crippen LogP contribution in [0.1, 0.15) is 10.4 Å². The first-order valence-corrected chi connectivity index (χ1v) is 9.86. The molecule has 1 aliphatic rings. The number of benzene rings is 2. The maximum Gasteiger partial charge on any atom is 0.259 e. The minimum absolute atomic E-state index is 0.197. The predicted molar refractivity (Wildman–Crippen MR) is 116 cm³/mol. The second-order valence-electron chi connectivity index (χ2n) is 6.48.